The van der Waals surface area contributed by atoms with Crippen LogP contribution in [0, 0.1) is 0 Å². The zero-order valence-electron chi connectivity index (χ0n) is 17.0. The van der Waals surface area contributed by atoms with Gasteiger partial charge in [0.05, 0.1) is 12.0 Å². The van der Waals surface area contributed by atoms with E-state index in [2.05, 4.69) is 15.3 Å². The molecule has 0 aliphatic carbocycles. The first kappa shape index (κ1) is 20.4. The van der Waals surface area contributed by atoms with Gasteiger partial charge >= 0.3 is 0 Å². The Morgan fingerprint density at radius 1 is 1.13 bits per heavy atom. The lowest BCUT2D eigenvalue weighted by Gasteiger charge is -2.11. The lowest BCUT2D eigenvalue weighted by molar-refractivity contribution is -0.122. The molecule has 0 spiro atoms. The van der Waals surface area contributed by atoms with E-state index in [0.29, 0.717) is 22.6 Å². The number of nitrogens with one attached hydrogen (secondary N) is 1. The third-order valence-corrected chi connectivity index (χ3v) is 4.82. The number of amides is 1. The minimum atomic E-state index is -0.328. The fourth-order valence-electron chi connectivity index (χ4n) is 3.33. The van der Waals surface area contributed by atoms with Gasteiger partial charge in [0.2, 0.25) is 5.91 Å². The quantitative estimate of drug-likeness (QED) is 0.426. The molecule has 8 nitrogen and oxygen atoms in total. The molecular weight excluding hydrogens is 394 g/mol. The molecule has 0 fully saturated rings. The van der Waals surface area contributed by atoms with Crippen LogP contribution >= 0.6 is 0 Å². The molecule has 0 aliphatic heterocycles. The SMILES string of the molecule is CC(CO)NC(=O)Cn1cc(-c2ccc(Oc3ccccc3)cc2)c2c(N)ncnc21. The Morgan fingerprint density at radius 3 is 2.55 bits per heavy atom. The number of anilines is 1. The van der Waals surface area contributed by atoms with Crippen LogP contribution in [0.15, 0.2) is 67.1 Å². The topological polar surface area (TPSA) is 115 Å². The first-order valence-electron chi connectivity index (χ1n) is 9.88. The number of carbonyl (C=O) groups is 1. The van der Waals surface area contributed by atoms with Crippen LogP contribution in [0.2, 0.25) is 0 Å². The van der Waals surface area contributed by atoms with Crippen LogP contribution in [-0.2, 0) is 11.3 Å². The van der Waals surface area contributed by atoms with Crippen LogP contribution in [0.1, 0.15) is 6.92 Å². The number of nitrogen functional groups attached to an aromatic ring is 1. The van der Waals surface area contributed by atoms with Gasteiger partial charge in [0.25, 0.3) is 0 Å². The molecule has 0 aliphatic rings. The maximum absolute atomic E-state index is 12.3. The fourth-order valence-corrected chi connectivity index (χ4v) is 3.33. The van der Waals surface area contributed by atoms with Gasteiger partial charge in [-0.15, -0.1) is 0 Å². The molecular formula is C23H23N5O3. The van der Waals surface area contributed by atoms with Gasteiger partial charge in [0.15, 0.2) is 0 Å². The number of rotatable bonds is 7. The molecule has 0 bridgehead atoms. The number of hydrogen-bond donors (Lipinski definition) is 3. The Hall–Kier alpha value is -3.91. The number of aliphatic hydroxyl groups is 1. The molecule has 31 heavy (non-hydrogen) atoms. The molecule has 0 radical (unpaired) electrons. The van der Waals surface area contributed by atoms with E-state index in [-0.39, 0.29) is 25.1 Å². The number of nitrogens with zero attached hydrogens (tertiary/aromatic N) is 3. The van der Waals surface area contributed by atoms with Gasteiger partial charge in [0.1, 0.15) is 35.8 Å². The fraction of sp³-hybridized carbons (Fsp3) is 0.174. The highest BCUT2D eigenvalue weighted by atomic mass is 16.5. The number of aliphatic hydroxyl groups excluding tert-OH is 1. The third-order valence-electron chi connectivity index (χ3n) is 4.82. The van der Waals surface area contributed by atoms with Crippen molar-refractivity contribution in [3.8, 4) is 22.6 Å². The minimum Gasteiger partial charge on any atom is -0.457 e. The highest BCUT2D eigenvalue weighted by Gasteiger charge is 2.17. The predicted octanol–water partition coefficient (Wildman–Crippen LogP) is 2.97. The zero-order valence-corrected chi connectivity index (χ0v) is 17.0. The molecule has 2 aromatic carbocycles. The summed E-state index contributed by atoms with van der Waals surface area (Å²) < 4.78 is 7.59. The third kappa shape index (κ3) is 4.49. The highest BCUT2D eigenvalue weighted by molar-refractivity contribution is 6.01. The van der Waals surface area contributed by atoms with Crippen LogP contribution < -0.4 is 15.8 Å². The van der Waals surface area contributed by atoms with Crippen molar-refractivity contribution in [2.75, 3.05) is 12.3 Å². The standard InChI is InChI=1S/C23H23N5O3/c1-15(13-29)27-20(30)12-28-11-19(21-22(24)25-14-26-23(21)28)16-7-9-18(10-8-16)31-17-5-3-2-4-6-17/h2-11,14-15,29H,12-13H2,1H3,(H,27,30)(H2,24,25,26). The molecule has 8 heteroatoms. The molecule has 4 rings (SSSR count). The maximum Gasteiger partial charge on any atom is 0.240 e. The number of hydrogen-bond acceptors (Lipinski definition) is 6. The molecule has 0 saturated heterocycles. The highest BCUT2D eigenvalue weighted by Crippen LogP contribution is 2.34. The summed E-state index contributed by atoms with van der Waals surface area (Å²) in [7, 11) is 0. The van der Waals surface area contributed by atoms with Crippen LogP contribution in [0.3, 0.4) is 0 Å². The van der Waals surface area contributed by atoms with Crippen molar-refractivity contribution in [3.63, 3.8) is 0 Å². The van der Waals surface area contributed by atoms with Crippen LogP contribution in [0.4, 0.5) is 5.82 Å². The molecule has 158 valence electrons. The summed E-state index contributed by atoms with van der Waals surface area (Å²) in [5.74, 6) is 1.58. The van der Waals surface area contributed by atoms with Gasteiger partial charge in [-0.05, 0) is 36.8 Å². The molecule has 2 aromatic heterocycles. The van der Waals surface area contributed by atoms with Gasteiger partial charge in [-0.2, -0.15) is 0 Å². The van der Waals surface area contributed by atoms with Crippen LogP contribution in [0.5, 0.6) is 11.5 Å². The number of para-hydroxylation sites is 1. The number of carbonyl (C=O) groups excluding carboxylic acids is 1. The predicted molar refractivity (Wildman–Crippen MR) is 119 cm³/mol. The molecule has 4 aromatic rings. The van der Waals surface area contributed by atoms with E-state index in [0.717, 1.165) is 16.9 Å². The number of benzene rings is 2. The average molecular weight is 417 g/mol. The summed E-state index contributed by atoms with van der Waals surface area (Å²) in [6.45, 7) is 1.65. The first-order chi connectivity index (χ1) is 15.0. The van der Waals surface area contributed by atoms with Crippen molar-refractivity contribution in [3.05, 3.63) is 67.1 Å². The lowest BCUT2D eigenvalue weighted by Crippen LogP contribution is -2.37. The monoisotopic (exact) mass is 417 g/mol. The Labute approximate surface area is 179 Å². The summed E-state index contributed by atoms with van der Waals surface area (Å²) in [5.41, 5.74) is 8.44. The van der Waals surface area contributed by atoms with Crippen molar-refractivity contribution in [2.45, 2.75) is 19.5 Å². The van der Waals surface area contributed by atoms with E-state index in [1.54, 1.807) is 11.5 Å². The molecule has 1 unspecified atom stereocenters. The minimum absolute atomic E-state index is 0.0481. The van der Waals surface area contributed by atoms with E-state index < -0.39 is 0 Å². The number of nitrogens with two attached hydrogens (primary N) is 1. The van der Waals surface area contributed by atoms with E-state index in [9.17, 15) is 4.79 Å². The molecule has 2 heterocycles. The summed E-state index contributed by atoms with van der Waals surface area (Å²) in [5, 5.41) is 12.6. The van der Waals surface area contributed by atoms with Crippen molar-refractivity contribution in [2.24, 2.45) is 0 Å². The van der Waals surface area contributed by atoms with Gasteiger partial charge < -0.3 is 25.5 Å². The average Bonchev–Trinajstić information content (AvgIpc) is 3.14. The molecule has 1 atom stereocenters. The normalized spacial score (nSPS) is 11.9. The molecule has 0 saturated carbocycles. The Morgan fingerprint density at radius 2 is 1.84 bits per heavy atom. The van der Waals surface area contributed by atoms with Crippen LogP contribution in [-0.4, -0.2) is 38.2 Å². The summed E-state index contributed by atoms with van der Waals surface area (Å²) in [6, 6.07) is 16.8. The van der Waals surface area contributed by atoms with Crippen molar-refractivity contribution >= 4 is 22.8 Å². The van der Waals surface area contributed by atoms with Crippen molar-refractivity contribution < 1.29 is 14.6 Å². The summed E-state index contributed by atoms with van der Waals surface area (Å²) in [4.78, 5) is 20.8. The number of fused-ring (bicyclic) bond motifs is 1. The smallest absolute Gasteiger partial charge is 0.240 e. The van der Waals surface area contributed by atoms with Crippen molar-refractivity contribution in [1.82, 2.24) is 19.9 Å². The molecule has 4 N–H and O–H groups in total. The largest absolute Gasteiger partial charge is 0.457 e. The Kier molecular flexibility index (Phi) is 5.81. The lowest BCUT2D eigenvalue weighted by atomic mass is 10.1. The van der Waals surface area contributed by atoms with E-state index in [1.165, 1.54) is 6.33 Å². The van der Waals surface area contributed by atoms with E-state index in [4.69, 9.17) is 15.6 Å². The van der Waals surface area contributed by atoms with Gasteiger partial charge in [-0.1, -0.05) is 30.3 Å². The second-order valence-corrected chi connectivity index (χ2v) is 7.22. The second-order valence-electron chi connectivity index (χ2n) is 7.22. The van der Waals surface area contributed by atoms with Crippen LogP contribution in [0.25, 0.3) is 22.2 Å². The summed E-state index contributed by atoms with van der Waals surface area (Å²) >= 11 is 0. The number of ether oxygens (including phenoxy) is 1. The van der Waals surface area contributed by atoms with Gasteiger partial charge in [-0.3, -0.25) is 4.79 Å². The van der Waals surface area contributed by atoms with E-state index in [1.807, 2.05) is 60.8 Å². The zero-order chi connectivity index (χ0) is 21.8. The second kappa shape index (κ2) is 8.85. The van der Waals surface area contributed by atoms with Gasteiger partial charge in [-0.25, -0.2) is 9.97 Å². The summed E-state index contributed by atoms with van der Waals surface area (Å²) in [6.07, 6.45) is 3.22. The van der Waals surface area contributed by atoms with Crippen molar-refractivity contribution in [1.29, 1.82) is 0 Å². The van der Waals surface area contributed by atoms with Gasteiger partial charge in [0, 0.05) is 17.8 Å². The maximum atomic E-state index is 12.3. The van der Waals surface area contributed by atoms with E-state index >= 15 is 0 Å². The Balaban J connectivity index is 1.65. The number of aromatic nitrogens is 3. The molecule has 1 amide bonds. The Bertz CT molecular complexity index is 1190. The first-order valence-corrected chi connectivity index (χ1v) is 9.88.